The first kappa shape index (κ1) is 15.1. The summed E-state index contributed by atoms with van der Waals surface area (Å²) < 4.78 is 0. The summed E-state index contributed by atoms with van der Waals surface area (Å²) in [5, 5.41) is 3.90. The highest BCUT2D eigenvalue weighted by Crippen LogP contribution is 2.23. The Hall–Kier alpha value is -1.33. The molecule has 20 heavy (non-hydrogen) atoms. The number of aromatic nitrogens is 1. The van der Waals surface area contributed by atoms with Crippen LogP contribution in [0.5, 0.6) is 0 Å². The topological polar surface area (TPSA) is 42.0 Å². The summed E-state index contributed by atoms with van der Waals surface area (Å²) >= 11 is 3.12. The number of rotatable bonds is 5. The summed E-state index contributed by atoms with van der Waals surface area (Å²) in [6.45, 7) is 4.03. The van der Waals surface area contributed by atoms with Crippen molar-refractivity contribution in [3.63, 3.8) is 0 Å². The van der Waals surface area contributed by atoms with Crippen LogP contribution in [0, 0.1) is 6.92 Å². The van der Waals surface area contributed by atoms with Crippen LogP contribution in [0.25, 0.3) is 0 Å². The second kappa shape index (κ2) is 6.90. The number of hydrogen-bond donors (Lipinski definition) is 1. The lowest BCUT2D eigenvalue weighted by atomic mass is 10.2. The summed E-state index contributed by atoms with van der Waals surface area (Å²) in [5.41, 5.74) is 1.74. The van der Waals surface area contributed by atoms with Crippen LogP contribution in [0.3, 0.4) is 0 Å². The maximum Gasteiger partial charge on any atom is 0.267 e. The Labute approximate surface area is 127 Å². The molecule has 0 spiro atoms. The van der Waals surface area contributed by atoms with E-state index in [1.807, 2.05) is 37.4 Å². The number of benzene rings is 1. The van der Waals surface area contributed by atoms with Crippen LogP contribution in [0.4, 0.5) is 5.69 Å². The van der Waals surface area contributed by atoms with Crippen molar-refractivity contribution in [3.05, 3.63) is 39.8 Å². The van der Waals surface area contributed by atoms with E-state index in [0.29, 0.717) is 0 Å². The normalized spacial score (nSPS) is 10.6. The fourth-order valence-electron chi connectivity index (χ4n) is 1.94. The van der Waals surface area contributed by atoms with E-state index in [0.717, 1.165) is 39.0 Å². The van der Waals surface area contributed by atoms with Gasteiger partial charge in [0.25, 0.3) is 5.91 Å². The standard InChI is InChI=1S/C15H18N2OS2/c1-4-6-13-14(20-10(2)16-13)15(18)17-11-7-5-8-12(9-11)19-3/h5,7-9H,4,6H2,1-3H3,(H,17,18). The second-order valence-corrected chi connectivity index (χ2v) is 6.53. The zero-order valence-electron chi connectivity index (χ0n) is 11.9. The van der Waals surface area contributed by atoms with Crippen molar-refractivity contribution in [1.29, 1.82) is 0 Å². The fraction of sp³-hybridized carbons (Fsp3) is 0.333. The number of thioether (sulfide) groups is 1. The first-order valence-electron chi connectivity index (χ1n) is 6.55. The van der Waals surface area contributed by atoms with E-state index in [9.17, 15) is 4.79 Å². The number of nitrogens with one attached hydrogen (secondary N) is 1. The molecule has 1 aromatic heterocycles. The first-order chi connectivity index (χ1) is 9.63. The monoisotopic (exact) mass is 306 g/mol. The van der Waals surface area contributed by atoms with Crippen LogP contribution in [0.2, 0.25) is 0 Å². The molecule has 1 amide bonds. The van der Waals surface area contributed by atoms with E-state index >= 15 is 0 Å². The number of carbonyl (C=O) groups excluding carboxylic acids is 1. The number of hydrogen-bond acceptors (Lipinski definition) is 4. The Bertz CT molecular complexity index is 608. The Morgan fingerprint density at radius 1 is 1.45 bits per heavy atom. The van der Waals surface area contributed by atoms with Crippen LogP contribution in [0.15, 0.2) is 29.2 Å². The Morgan fingerprint density at radius 3 is 2.95 bits per heavy atom. The molecule has 0 aliphatic heterocycles. The summed E-state index contributed by atoms with van der Waals surface area (Å²) in [4.78, 5) is 18.7. The van der Waals surface area contributed by atoms with E-state index in [-0.39, 0.29) is 5.91 Å². The highest BCUT2D eigenvalue weighted by Gasteiger charge is 2.16. The molecule has 1 heterocycles. The Balaban J connectivity index is 2.19. The Kier molecular flexibility index (Phi) is 5.20. The van der Waals surface area contributed by atoms with Gasteiger partial charge in [-0.2, -0.15) is 0 Å². The maximum absolute atomic E-state index is 12.4. The van der Waals surface area contributed by atoms with Crippen molar-refractivity contribution < 1.29 is 4.79 Å². The highest BCUT2D eigenvalue weighted by atomic mass is 32.2. The zero-order chi connectivity index (χ0) is 14.5. The van der Waals surface area contributed by atoms with Gasteiger partial charge in [-0.05, 0) is 37.8 Å². The average molecular weight is 306 g/mol. The van der Waals surface area contributed by atoms with E-state index < -0.39 is 0 Å². The van der Waals surface area contributed by atoms with Crippen LogP contribution in [-0.4, -0.2) is 17.1 Å². The van der Waals surface area contributed by atoms with Gasteiger partial charge in [0.15, 0.2) is 0 Å². The number of thiazole rings is 1. The molecular weight excluding hydrogens is 288 g/mol. The summed E-state index contributed by atoms with van der Waals surface area (Å²) in [6.07, 6.45) is 3.86. The third kappa shape index (κ3) is 3.61. The van der Waals surface area contributed by atoms with Gasteiger partial charge < -0.3 is 5.32 Å². The minimum atomic E-state index is -0.0581. The molecule has 5 heteroatoms. The van der Waals surface area contributed by atoms with E-state index in [1.54, 1.807) is 11.8 Å². The predicted molar refractivity (Wildman–Crippen MR) is 87.0 cm³/mol. The summed E-state index contributed by atoms with van der Waals surface area (Å²) in [5.74, 6) is -0.0581. The third-order valence-electron chi connectivity index (χ3n) is 2.82. The molecule has 0 aliphatic rings. The number of nitrogens with zero attached hydrogens (tertiary/aromatic N) is 1. The molecular formula is C15H18N2OS2. The van der Waals surface area contributed by atoms with Gasteiger partial charge in [-0.1, -0.05) is 19.4 Å². The molecule has 0 saturated heterocycles. The van der Waals surface area contributed by atoms with E-state index in [4.69, 9.17) is 0 Å². The number of aryl methyl sites for hydroxylation is 2. The van der Waals surface area contributed by atoms with Crippen molar-refractivity contribution in [2.75, 3.05) is 11.6 Å². The summed E-state index contributed by atoms with van der Waals surface area (Å²) in [7, 11) is 0. The van der Waals surface area contributed by atoms with Gasteiger partial charge in [0.1, 0.15) is 4.88 Å². The molecule has 2 rings (SSSR count). The van der Waals surface area contributed by atoms with Gasteiger partial charge >= 0.3 is 0 Å². The molecule has 0 fully saturated rings. The molecule has 0 atom stereocenters. The molecule has 3 nitrogen and oxygen atoms in total. The average Bonchev–Trinajstić information content (AvgIpc) is 2.80. The van der Waals surface area contributed by atoms with E-state index in [1.165, 1.54) is 11.3 Å². The molecule has 0 saturated carbocycles. The van der Waals surface area contributed by atoms with Crippen molar-refractivity contribution in [3.8, 4) is 0 Å². The van der Waals surface area contributed by atoms with Gasteiger partial charge in [-0.25, -0.2) is 4.98 Å². The predicted octanol–water partition coefficient (Wildman–Crippen LogP) is 4.38. The maximum atomic E-state index is 12.4. The zero-order valence-corrected chi connectivity index (χ0v) is 13.5. The van der Waals surface area contributed by atoms with Crippen LogP contribution < -0.4 is 5.32 Å². The molecule has 1 aromatic carbocycles. The minimum Gasteiger partial charge on any atom is -0.321 e. The second-order valence-electron chi connectivity index (χ2n) is 4.44. The smallest absolute Gasteiger partial charge is 0.267 e. The van der Waals surface area contributed by atoms with Crippen molar-refractivity contribution in [1.82, 2.24) is 4.98 Å². The lowest BCUT2D eigenvalue weighted by Gasteiger charge is -2.06. The minimum absolute atomic E-state index is 0.0581. The van der Waals surface area contributed by atoms with Crippen molar-refractivity contribution in [2.24, 2.45) is 0 Å². The van der Waals surface area contributed by atoms with Gasteiger partial charge in [0.05, 0.1) is 10.7 Å². The lowest BCUT2D eigenvalue weighted by molar-refractivity contribution is 0.102. The number of anilines is 1. The quantitative estimate of drug-likeness (QED) is 0.834. The first-order valence-corrected chi connectivity index (χ1v) is 8.60. The van der Waals surface area contributed by atoms with Gasteiger partial charge in [-0.15, -0.1) is 23.1 Å². The van der Waals surface area contributed by atoms with Gasteiger partial charge in [0.2, 0.25) is 0 Å². The molecule has 106 valence electrons. The number of amides is 1. The van der Waals surface area contributed by atoms with Gasteiger partial charge in [-0.3, -0.25) is 4.79 Å². The molecule has 0 bridgehead atoms. The molecule has 0 radical (unpaired) electrons. The molecule has 2 aromatic rings. The van der Waals surface area contributed by atoms with Crippen LogP contribution >= 0.6 is 23.1 Å². The van der Waals surface area contributed by atoms with Crippen molar-refractivity contribution >= 4 is 34.7 Å². The highest BCUT2D eigenvalue weighted by molar-refractivity contribution is 7.98. The SMILES string of the molecule is CCCc1nc(C)sc1C(=O)Nc1cccc(SC)c1. The third-order valence-corrected chi connectivity index (χ3v) is 4.56. The van der Waals surface area contributed by atoms with Crippen LogP contribution in [-0.2, 0) is 6.42 Å². The molecule has 1 N–H and O–H groups in total. The number of carbonyl (C=O) groups is 1. The van der Waals surface area contributed by atoms with Gasteiger partial charge in [0, 0.05) is 10.6 Å². The molecule has 0 aliphatic carbocycles. The molecule has 0 unspecified atom stereocenters. The van der Waals surface area contributed by atoms with Crippen LogP contribution in [0.1, 0.15) is 33.7 Å². The largest absolute Gasteiger partial charge is 0.321 e. The fourth-order valence-corrected chi connectivity index (χ4v) is 3.26. The summed E-state index contributed by atoms with van der Waals surface area (Å²) in [6, 6.07) is 7.87. The Morgan fingerprint density at radius 2 is 2.25 bits per heavy atom. The van der Waals surface area contributed by atoms with Crippen molar-refractivity contribution in [2.45, 2.75) is 31.6 Å². The lowest BCUT2D eigenvalue weighted by Crippen LogP contribution is -2.12. The van der Waals surface area contributed by atoms with E-state index in [2.05, 4.69) is 17.2 Å².